The summed E-state index contributed by atoms with van der Waals surface area (Å²) >= 11 is 0. The van der Waals surface area contributed by atoms with Crippen LogP contribution in [0.5, 0.6) is 0 Å². The van der Waals surface area contributed by atoms with Gasteiger partial charge in [-0.05, 0) is 37.7 Å². The number of nitrogens with zero attached hydrogens (tertiary/aromatic N) is 1. The van der Waals surface area contributed by atoms with Gasteiger partial charge in [-0.1, -0.05) is 13.8 Å². The molecule has 0 aromatic carbocycles. The first-order valence-electron chi connectivity index (χ1n) is 7.12. The number of rotatable bonds is 8. The lowest BCUT2D eigenvalue weighted by atomic mass is 10.2. The van der Waals surface area contributed by atoms with Crippen molar-refractivity contribution >= 4 is 0 Å². The van der Waals surface area contributed by atoms with Crippen molar-refractivity contribution in [3.05, 3.63) is 47.8 Å². The molecule has 0 amide bonds. The fourth-order valence-corrected chi connectivity index (χ4v) is 2.13. The predicted octanol–water partition coefficient (Wildman–Crippen LogP) is 3.25. The Morgan fingerprint density at radius 2 is 2.00 bits per heavy atom. The van der Waals surface area contributed by atoms with Gasteiger partial charge in [0.05, 0.1) is 25.6 Å². The molecule has 0 aliphatic rings. The largest absolute Gasteiger partial charge is 0.468 e. The topological polar surface area (TPSA) is 41.6 Å². The molecule has 0 fully saturated rings. The molecule has 0 spiro atoms. The standard InChI is InChI=1S/C16H24N2O2/c1-13(2)9-17-10-14-6-8-20-16(14)12-18(3)11-15-5-4-7-19-15/h4-8,13,17H,9-12H2,1-3H3. The molecule has 110 valence electrons. The van der Waals surface area contributed by atoms with Crippen LogP contribution in [-0.4, -0.2) is 18.5 Å². The van der Waals surface area contributed by atoms with Gasteiger partial charge in [0.15, 0.2) is 0 Å². The van der Waals surface area contributed by atoms with E-state index in [-0.39, 0.29) is 0 Å². The second-order valence-electron chi connectivity index (χ2n) is 5.65. The van der Waals surface area contributed by atoms with Crippen LogP contribution in [0.4, 0.5) is 0 Å². The van der Waals surface area contributed by atoms with Crippen LogP contribution in [0.25, 0.3) is 0 Å². The summed E-state index contributed by atoms with van der Waals surface area (Å²) in [6.07, 6.45) is 3.47. The number of hydrogen-bond donors (Lipinski definition) is 1. The summed E-state index contributed by atoms with van der Waals surface area (Å²) in [7, 11) is 2.07. The Labute approximate surface area is 120 Å². The quantitative estimate of drug-likeness (QED) is 0.803. The van der Waals surface area contributed by atoms with Gasteiger partial charge in [0.2, 0.25) is 0 Å². The smallest absolute Gasteiger partial charge is 0.122 e. The highest BCUT2D eigenvalue weighted by atomic mass is 16.3. The number of nitrogens with one attached hydrogen (secondary N) is 1. The van der Waals surface area contributed by atoms with E-state index in [4.69, 9.17) is 8.83 Å². The van der Waals surface area contributed by atoms with E-state index in [2.05, 4.69) is 31.1 Å². The third kappa shape index (κ3) is 4.54. The van der Waals surface area contributed by atoms with Gasteiger partial charge >= 0.3 is 0 Å². The zero-order valence-electron chi connectivity index (χ0n) is 12.6. The van der Waals surface area contributed by atoms with Crippen molar-refractivity contribution in [1.29, 1.82) is 0 Å². The van der Waals surface area contributed by atoms with Crippen LogP contribution in [0.1, 0.15) is 30.9 Å². The maximum Gasteiger partial charge on any atom is 0.122 e. The van der Waals surface area contributed by atoms with Crippen molar-refractivity contribution in [3.8, 4) is 0 Å². The van der Waals surface area contributed by atoms with E-state index >= 15 is 0 Å². The minimum Gasteiger partial charge on any atom is -0.468 e. The Hall–Kier alpha value is -1.52. The first-order chi connectivity index (χ1) is 9.65. The Morgan fingerprint density at radius 1 is 1.15 bits per heavy atom. The summed E-state index contributed by atoms with van der Waals surface area (Å²) in [5, 5.41) is 3.45. The van der Waals surface area contributed by atoms with Crippen molar-refractivity contribution in [3.63, 3.8) is 0 Å². The maximum atomic E-state index is 5.60. The van der Waals surface area contributed by atoms with Crippen molar-refractivity contribution < 1.29 is 8.83 Å². The van der Waals surface area contributed by atoms with Crippen LogP contribution in [0, 0.1) is 5.92 Å². The van der Waals surface area contributed by atoms with Crippen LogP contribution >= 0.6 is 0 Å². The van der Waals surface area contributed by atoms with E-state index in [1.807, 2.05) is 18.2 Å². The summed E-state index contributed by atoms with van der Waals surface area (Å²) in [5.74, 6) is 2.65. The molecule has 0 radical (unpaired) electrons. The second-order valence-corrected chi connectivity index (χ2v) is 5.65. The lowest BCUT2D eigenvalue weighted by Gasteiger charge is -2.15. The zero-order valence-corrected chi connectivity index (χ0v) is 12.6. The van der Waals surface area contributed by atoms with Crippen LogP contribution in [0.2, 0.25) is 0 Å². The monoisotopic (exact) mass is 276 g/mol. The summed E-state index contributed by atoms with van der Waals surface area (Å²) in [6.45, 7) is 7.87. The van der Waals surface area contributed by atoms with Gasteiger partial charge in [-0.25, -0.2) is 0 Å². The highest BCUT2D eigenvalue weighted by molar-refractivity contribution is 5.16. The molecule has 2 aromatic heterocycles. The van der Waals surface area contributed by atoms with Gasteiger partial charge in [0.25, 0.3) is 0 Å². The highest BCUT2D eigenvalue weighted by Gasteiger charge is 2.10. The predicted molar refractivity (Wildman–Crippen MR) is 79.1 cm³/mol. The summed E-state index contributed by atoms with van der Waals surface area (Å²) in [5.41, 5.74) is 1.23. The minimum absolute atomic E-state index is 0.659. The molecule has 0 saturated carbocycles. The van der Waals surface area contributed by atoms with Crippen molar-refractivity contribution in [2.75, 3.05) is 13.6 Å². The average molecular weight is 276 g/mol. The lowest BCUT2D eigenvalue weighted by Crippen LogP contribution is -2.21. The molecule has 20 heavy (non-hydrogen) atoms. The fourth-order valence-electron chi connectivity index (χ4n) is 2.13. The van der Waals surface area contributed by atoms with Gasteiger partial charge in [-0.3, -0.25) is 4.90 Å². The van der Waals surface area contributed by atoms with Gasteiger partial charge in [0, 0.05) is 12.1 Å². The van der Waals surface area contributed by atoms with Gasteiger partial charge in [0.1, 0.15) is 11.5 Å². The SMILES string of the molecule is CC(C)CNCc1ccoc1CN(C)Cc1ccco1. The van der Waals surface area contributed by atoms with Crippen LogP contribution in [-0.2, 0) is 19.6 Å². The summed E-state index contributed by atoms with van der Waals surface area (Å²) in [6, 6.07) is 5.95. The molecule has 4 heteroatoms. The molecule has 0 aliphatic heterocycles. The molecular formula is C16H24N2O2. The molecule has 0 bridgehead atoms. The normalized spacial score (nSPS) is 11.7. The van der Waals surface area contributed by atoms with E-state index in [0.29, 0.717) is 5.92 Å². The van der Waals surface area contributed by atoms with E-state index in [1.54, 1.807) is 12.5 Å². The zero-order chi connectivity index (χ0) is 14.4. The second kappa shape index (κ2) is 7.31. The molecule has 0 saturated heterocycles. The molecule has 2 aromatic rings. The van der Waals surface area contributed by atoms with E-state index in [1.165, 1.54) is 5.56 Å². The van der Waals surface area contributed by atoms with Crippen molar-refractivity contribution in [1.82, 2.24) is 10.2 Å². The Morgan fingerprint density at radius 3 is 2.70 bits per heavy atom. The molecule has 4 nitrogen and oxygen atoms in total. The Kier molecular flexibility index (Phi) is 5.44. The van der Waals surface area contributed by atoms with Crippen molar-refractivity contribution in [2.24, 2.45) is 5.92 Å². The van der Waals surface area contributed by atoms with Gasteiger partial charge in [-0.2, -0.15) is 0 Å². The molecule has 0 unspecified atom stereocenters. The molecule has 2 rings (SSSR count). The van der Waals surface area contributed by atoms with E-state index in [9.17, 15) is 0 Å². The molecule has 2 heterocycles. The van der Waals surface area contributed by atoms with Crippen molar-refractivity contribution in [2.45, 2.75) is 33.5 Å². The minimum atomic E-state index is 0.659. The Bertz CT molecular complexity index is 488. The van der Waals surface area contributed by atoms with Gasteiger partial charge in [-0.15, -0.1) is 0 Å². The molecule has 0 atom stereocenters. The third-order valence-corrected chi connectivity index (χ3v) is 3.13. The average Bonchev–Trinajstić information content (AvgIpc) is 3.01. The number of furan rings is 2. The Balaban J connectivity index is 1.84. The summed E-state index contributed by atoms with van der Waals surface area (Å²) in [4.78, 5) is 2.18. The maximum absolute atomic E-state index is 5.60. The first-order valence-corrected chi connectivity index (χ1v) is 7.12. The highest BCUT2D eigenvalue weighted by Crippen LogP contribution is 2.14. The molecular weight excluding hydrogens is 252 g/mol. The van der Waals surface area contributed by atoms with Crippen LogP contribution in [0.3, 0.4) is 0 Å². The lowest BCUT2D eigenvalue weighted by molar-refractivity contribution is 0.263. The van der Waals surface area contributed by atoms with Crippen LogP contribution < -0.4 is 5.32 Å². The van der Waals surface area contributed by atoms with Crippen LogP contribution in [0.15, 0.2) is 39.6 Å². The molecule has 0 aliphatic carbocycles. The number of hydrogen-bond acceptors (Lipinski definition) is 4. The molecule has 1 N–H and O–H groups in total. The van der Waals surface area contributed by atoms with E-state index < -0.39 is 0 Å². The first kappa shape index (κ1) is 14.9. The third-order valence-electron chi connectivity index (χ3n) is 3.13. The fraction of sp³-hybridized carbons (Fsp3) is 0.500. The van der Waals surface area contributed by atoms with Gasteiger partial charge < -0.3 is 14.2 Å². The summed E-state index contributed by atoms with van der Waals surface area (Å²) < 4.78 is 11.0. The van der Waals surface area contributed by atoms with E-state index in [0.717, 1.165) is 37.7 Å².